The number of hydrogen-bond donors (Lipinski definition) is 4. The lowest BCUT2D eigenvalue weighted by Gasteiger charge is -2.23. The Kier molecular flexibility index (Phi) is 9.73. The molecular formula is C25H32ClN7OS. The summed E-state index contributed by atoms with van der Waals surface area (Å²) in [6.07, 6.45) is 7.54. The predicted molar refractivity (Wildman–Crippen MR) is 144 cm³/mol. The number of allylic oxidation sites excluding steroid dienone is 2. The minimum Gasteiger partial charge on any atom is -0.405 e. The van der Waals surface area contributed by atoms with Crippen molar-refractivity contribution in [3.05, 3.63) is 88.8 Å². The second-order valence-corrected chi connectivity index (χ2v) is 10.1. The second-order valence-electron chi connectivity index (χ2n) is 8.45. The van der Waals surface area contributed by atoms with Crippen LogP contribution in [0.15, 0.2) is 72.4 Å². The van der Waals surface area contributed by atoms with Crippen molar-refractivity contribution in [2.75, 3.05) is 27.2 Å². The number of carbonyl (C=O) groups excluding carboxylic acids is 1. The van der Waals surface area contributed by atoms with E-state index in [1.54, 1.807) is 18.1 Å². The van der Waals surface area contributed by atoms with Crippen LogP contribution in [0.4, 0.5) is 0 Å². The van der Waals surface area contributed by atoms with Crippen LogP contribution in [-0.4, -0.2) is 58.4 Å². The van der Waals surface area contributed by atoms with Gasteiger partial charge in [-0.3, -0.25) is 4.79 Å². The zero-order chi connectivity index (χ0) is 25.4. The number of nitrogens with two attached hydrogens (primary N) is 1. The van der Waals surface area contributed by atoms with Crippen LogP contribution in [0.3, 0.4) is 0 Å². The molecule has 0 saturated heterocycles. The lowest BCUT2D eigenvalue weighted by molar-refractivity contribution is -0.118. The van der Waals surface area contributed by atoms with E-state index in [4.69, 9.17) is 17.3 Å². The van der Waals surface area contributed by atoms with E-state index < -0.39 is 0 Å². The molecule has 35 heavy (non-hydrogen) atoms. The number of benzene rings is 1. The highest BCUT2D eigenvalue weighted by Crippen LogP contribution is 2.50. The number of H-pyrrole nitrogens is 1. The van der Waals surface area contributed by atoms with Crippen LogP contribution in [0.5, 0.6) is 0 Å². The molecule has 2 atom stereocenters. The van der Waals surface area contributed by atoms with Gasteiger partial charge in [-0.1, -0.05) is 30.3 Å². The monoisotopic (exact) mass is 513 g/mol. The highest BCUT2D eigenvalue weighted by molar-refractivity contribution is 8.09. The van der Waals surface area contributed by atoms with E-state index in [1.165, 1.54) is 18.7 Å². The summed E-state index contributed by atoms with van der Waals surface area (Å²) in [5, 5.41) is 15.5. The maximum atomic E-state index is 11.5. The molecule has 2 heterocycles. The molecule has 0 saturated carbocycles. The number of nitrogens with one attached hydrogen (secondary N) is 3. The number of aromatic amines is 1. The first-order chi connectivity index (χ1) is 16.8. The SMILES string of the molecule is C=C(/C=C(\C=C/N)C1CC(C(NCCN(C)C)c2ccc(Cl)cc2)=C(c2nnc[nH]2)S1)NC(C)=O. The van der Waals surface area contributed by atoms with Gasteiger partial charge < -0.3 is 26.3 Å². The van der Waals surface area contributed by atoms with Gasteiger partial charge in [-0.05, 0) is 67.7 Å². The molecule has 8 nitrogen and oxygen atoms in total. The van der Waals surface area contributed by atoms with Gasteiger partial charge in [0.1, 0.15) is 6.33 Å². The van der Waals surface area contributed by atoms with E-state index in [1.807, 2.05) is 36.4 Å². The Morgan fingerprint density at radius 1 is 1.40 bits per heavy atom. The van der Waals surface area contributed by atoms with Crippen LogP contribution in [0.2, 0.25) is 5.02 Å². The van der Waals surface area contributed by atoms with Crippen molar-refractivity contribution in [2.24, 2.45) is 5.73 Å². The number of aromatic nitrogens is 3. The van der Waals surface area contributed by atoms with Crippen molar-refractivity contribution in [2.45, 2.75) is 24.6 Å². The van der Waals surface area contributed by atoms with Crippen LogP contribution < -0.4 is 16.4 Å². The van der Waals surface area contributed by atoms with Gasteiger partial charge in [0.15, 0.2) is 5.82 Å². The Morgan fingerprint density at radius 3 is 2.74 bits per heavy atom. The number of nitrogens with zero attached hydrogens (tertiary/aromatic N) is 3. The minimum atomic E-state index is -0.171. The van der Waals surface area contributed by atoms with E-state index in [0.717, 1.165) is 41.4 Å². The second kappa shape index (κ2) is 12.7. The fourth-order valence-electron chi connectivity index (χ4n) is 3.86. The highest BCUT2D eigenvalue weighted by Gasteiger charge is 2.34. The van der Waals surface area contributed by atoms with Gasteiger partial charge in [0.05, 0.1) is 10.9 Å². The number of carbonyl (C=O) groups is 1. The molecule has 1 aliphatic heterocycles. The molecule has 0 aliphatic carbocycles. The predicted octanol–water partition coefficient (Wildman–Crippen LogP) is 3.62. The zero-order valence-electron chi connectivity index (χ0n) is 20.2. The summed E-state index contributed by atoms with van der Waals surface area (Å²) in [6.45, 7) is 7.11. The average Bonchev–Trinajstić information content (AvgIpc) is 3.46. The molecule has 2 unspecified atom stereocenters. The van der Waals surface area contributed by atoms with Gasteiger partial charge in [0.25, 0.3) is 0 Å². The summed E-state index contributed by atoms with van der Waals surface area (Å²) < 4.78 is 0. The fraction of sp³-hybridized carbons (Fsp3) is 0.320. The van der Waals surface area contributed by atoms with E-state index in [0.29, 0.717) is 10.7 Å². The molecule has 1 aromatic heterocycles. The number of hydrogen-bond acceptors (Lipinski definition) is 7. The number of halogens is 1. The summed E-state index contributed by atoms with van der Waals surface area (Å²) in [5.74, 6) is 0.549. The largest absolute Gasteiger partial charge is 0.405 e. The maximum Gasteiger partial charge on any atom is 0.221 e. The van der Waals surface area contributed by atoms with Crippen molar-refractivity contribution >= 4 is 34.2 Å². The van der Waals surface area contributed by atoms with E-state index in [-0.39, 0.29) is 17.2 Å². The van der Waals surface area contributed by atoms with E-state index in [2.05, 4.69) is 51.4 Å². The molecule has 0 spiro atoms. The molecule has 2 aromatic rings. The van der Waals surface area contributed by atoms with E-state index in [9.17, 15) is 4.79 Å². The fourth-order valence-corrected chi connectivity index (χ4v) is 5.38. The van der Waals surface area contributed by atoms with Gasteiger partial charge in [-0.2, -0.15) is 0 Å². The van der Waals surface area contributed by atoms with Crippen LogP contribution in [-0.2, 0) is 4.79 Å². The van der Waals surface area contributed by atoms with Crippen LogP contribution in [0.25, 0.3) is 4.91 Å². The topological polar surface area (TPSA) is 112 Å². The zero-order valence-corrected chi connectivity index (χ0v) is 21.8. The molecule has 3 rings (SSSR count). The molecule has 5 N–H and O–H groups in total. The summed E-state index contributed by atoms with van der Waals surface area (Å²) in [5.41, 5.74) is 9.55. The maximum absolute atomic E-state index is 11.5. The van der Waals surface area contributed by atoms with Crippen molar-refractivity contribution in [3.8, 4) is 0 Å². The van der Waals surface area contributed by atoms with Crippen LogP contribution in [0, 0.1) is 0 Å². The molecule has 0 radical (unpaired) electrons. The normalized spacial score (nSPS) is 17.4. The Bertz CT molecular complexity index is 1110. The number of likely N-dealkylation sites (N-methyl/N-ethyl adjacent to an activating group) is 1. The molecular weight excluding hydrogens is 482 g/mol. The summed E-state index contributed by atoms with van der Waals surface area (Å²) in [6, 6.07) is 7.87. The first-order valence-corrected chi connectivity index (χ1v) is 12.5. The van der Waals surface area contributed by atoms with E-state index >= 15 is 0 Å². The van der Waals surface area contributed by atoms with Gasteiger partial charge in [0.2, 0.25) is 5.91 Å². The molecule has 10 heteroatoms. The molecule has 1 amide bonds. The molecule has 0 fully saturated rings. The Hall–Kier alpha value is -2.85. The Balaban J connectivity index is 2.00. The summed E-state index contributed by atoms with van der Waals surface area (Å²) in [7, 11) is 4.11. The average molecular weight is 514 g/mol. The third-order valence-electron chi connectivity index (χ3n) is 5.39. The van der Waals surface area contributed by atoms with Gasteiger partial charge in [-0.15, -0.1) is 22.0 Å². The van der Waals surface area contributed by atoms with Crippen LogP contribution >= 0.6 is 23.4 Å². The number of rotatable bonds is 11. The first-order valence-electron chi connectivity index (χ1n) is 11.2. The Morgan fingerprint density at radius 2 is 2.14 bits per heavy atom. The van der Waals surface area contributed by atoms with Crippen LogP contribution in [0.1, 0.15) is 30.8 Å². The smallest absolute Gasteiger partial charge is 0.221 e. The molecule has 1 aromatic carbocycles. The van der Waals surface area contributed by atoms with Crippen molar-refractivity contribution in [1.82, 2.24) is 30.7 Å². The van der Waals surface area contributed by atoms with Gasteiger partial charge >= 0.3 is 0 Å². The van der Waals surface area contributed by atoms with Gasteiger partial charge in [-0.25, -0.2) is 0 Å². The lowest BCUT2D eigenvalue weighted by Crippen LogP contribution is -2.31. The van der Waals surface area contributed by atoms with Crippen molar-refractivity contribution < 1.29 is 4.79 Å². The molecule has 0 bridgehead atoms. The standard InChI is InChI=1S/C25H32ClN7OS/c1-16(31-17(2)34)13-19(9-10-27)22-14-21(24(35-22)25-29-15-30-32-25)23(28-11-12-33(3)4)18-5-7-20(26)8-6-18/h5-10,13,15,22-23,28H,1,11-12,14,27H2,2-4H3,(H,31,34)(H,29,30,32)/b10-9-,19-13+. The highest BCUT2D eigenvalue weighted by atomic mass is 35.5. The minimum absolute atomic E-state index is 0.0425. The summed E-state index contributed by atoms with van der Waals surface area (Å²) >= 11 is 7.88. The van der Waals surface area contributed by atoms with Crippen molar-refractivity contribution in [1.29, 1.82) is 0 Å². The summed E-state index contributed by atoms with van der Waals surface area (Å²) in [4.78, 5) is 17.8. The first kappa shape index (κ1) is 26.7. The van der Waals surface area contributed by atoms with Gasteiger partial charge in [0, 0.05) is 36.0 Å². The Labute approximate surface area is 215 Å². The number of thioether (sulfide) groups is 1. The molecule has 1 aliphatic rings. The number of amides is 1. The third-order valence-corrected chi connectivity index (χ3v) is 7.05. The lowest BCUT2D eigenvalue weighted by atomic mass is 9.92. The van der Waals surface area contributed by atoms with Crippen molar-refractivity contribution in [3.63, 3.8) is 0 Å². The quantitative estimate of drug-likeness (QED) is 0.339. The third kappa shape index (κ3) is 7.57. The molecule has 186 valence electrons.